The number of nitro groups is 1. The minimum Gasteiger partial charge on any atom is -0.441 e. The van der Waals surface area contributed by atoms with Gasteiger partial charge in [-0.05, 0) is 25.3 Å². The molecule has 1 saturated heterocycles. The number of hydrogen-bond donors (Lipinski definition) is 0. The molecule has 0 bridgehead atoms. The Bertz CT molecular complexity index is 471. The first kappa shape index (κ1) is 13.6. The molecule has 1 aromatic rings. The highest BCUT2D eigenvalue weighted by atomic mass is 16.6. The van der Waals surface area contributed by atoms with Crippen molar-refractivity contribution < 1.29 is 9.34 Å². The summed E-state index contributed by atoms with van der Waals surface area (Å²) in [7, 11) is 0. The minimum absolute atomic E-state index is 0.126. The molecule has 0 aromatic carbocycles. The molecule has 0 amide bonds. The average molecular weight is 264 g/mol. The monoisotopic (exact) mass is 264 g/mol. The Kier molecular flexibility index (Phi) is 4.24. The molecule has 1 fully saturated rings. The number of hydrogen-bond acceptors (Lipinski definition) is 4. The standard InChI is InChI=1S/C14H20N2O3/c1-11(2)13(16(17)18)10-12-6-7-14(19-12)15-8-4-3-5-9-15/h6-7,10-11H,3-5,8-9H2,1-2H3/b13-10-. The summed E-state index contributed by atoms with van der Waals surface area (Å²) in [6, 6.07) is 3.70. The van der Waals surface area contributed by atoms with Gasteiger partial charge in [0, 0.05) is 25.1 Å². The van der Waals surface area contributed by atoms with E-state index in [0.717, 1.165) is 19.0 Å². The van der Waals surface area contributed by atoms with Crippen LogP contribution in [-0.2, 0) is 0 Å². The smallest absolute Gasteiger partial charge is 0.252 e. The van der Waals surface area contributed by atoms with Crippen molar-refractivity contribution in [2.45, 2.75) is 33.1 Å². The zero-order valence-corrected chi connectivity index (χ0v) is 11.5. The summed E-state index contributed by atoms with van der Waals surface area (Å²) in [6.07, 6.45) is 5.15. The molecule has 19 heavy (non-hydrogen) atoms. The molecule has 0 radical (unpaired) electrons. The van der Waals surface area contributed by atoms with Gasteiger partial charge >= 0.3 is 0 Å². The molecule has 0 unspecified atom stereocenters. The lowest BCUT2D eigenvalue weighted by molar-refractivity contribution is -0.431. The third kappa shape index (κ3) is 3.36. The summed E-state index contributed by atoms with van der Waals surface area (Å²) in [4.78, 5) is 12.8. The predicted octanol–water partition coefficient (Wildman–Crippen LogP) is 3.54. The highest BCUT2D eigenvalue weighted by molar-refractivity contribution is 5.50. The Hall–Kier alpha value is -1.78. The molecule has 2 heterocycles. The minimum atomic E-state index is -0.340. The Morgan fingerprint density at radius 3 is 2.63 bits per heavy atom. The van der Waals surface area contributed by atoms with Gasteiger partial charge in [0.15, 0.2) is 5.88 Å². The quantitative estimate of drug-likeness (QED) is 0.616. The van der Waals surface area contributed by atoms with E-state index < -0.39 is 0 Å². The Morgan fingerprint density at radius 2 is 2.05 bits per heavy atom. The fraction of sp³-hybridized carbons (Fsp3) is 0.571. The summed E-state index contributed by atoms with van der Waals surface area (Å²) < 4.78 is 5.70. The lowest BCUT2D eigenvalue weighted by Crippen LogP contribution is -2.28. The van der Waals surface area contributed by atoms with Crippen molar-refractivity contribution in [3.63, 3.8) is 0 Å². The molecule has 5 heteroatoms. The largest absolute Gasteiger partial charge is 0.441 e. The van der Waals surface area contributed by atoms with E-state index in [1.807, 2.05) is 19.9 Å². The van der Waals surface area contributed by atoms with E-state index >= 15 is 0 Å². The van der Waals surface area contributed by atoms with Gasteiger partial charge in [0.05, 0.1) is 11.0 Å². The zero-order chi connectivity index (χ0) is 13.8. The Morgan fingerprint density at radius 1 is 1.37 bits per heavy atom. The van der Waals surface area contributed by atoms with Crippen molar-refractivity contribution in [2.24, 2.45) is 5.92 Å². The molecule has 2 rings (SSSR count). The first-order chi connectivity index (χ1) is 9.08. The van der Waals surface area contributed by atoms with Gasteiger partial charge in [0.2, 0.25) is 0 Å². The zero-order valence-electron chi connectivity index (χ0n) is 11.5. The molecule has 0 atom stereocenters. The van der Waals surface area contributed by atoms with Gasteiger partial charge in [0.25, 0.3) is 5.70 Å². The van der Waals surface area contributed by atoms with Crippen LogP contribution in [0, 0.1) is 16.0 Å². The molecule has 0 spiro atoms. The molecular weight excluding hydrogens is 244 g/mol. The van der Waals surface area contributed by atoms with Crippen molar-refractivity contribution in [3.8, 4) is 0 Å². The lowest BCUT2D eigenvalue weighted by atomic mass is 10.1. The van der Waals surface area contributed by atoms with E-state index in [1.165, 1.54) is 25.3 Å². The third-order valence-electron chi connectivity index (χ3n) is 3.37. The van der Waals surface area contributed by atoms with Gasteiger partial charge < -0.3 is 9.32 Å². The van der Waals surface area contributed by atoms with Crippen molar-refractivity contribution in [3.05, 3.63) is 33.7 Å². The fourth-order valence-corrected chi connectivity index (χ4v) is 2.28. The van der Waals surface area contributed by atoms with Crippen LogP contribution in [-0.4, -0.2) is 18.0 Å². The molecule has 104 valence electrons. The molecule has 1 aliphatic rings. The normalized spacial score (nSPS) is 17.0. The van der Waals surface area contributed by atoms with Crippen LogP contribution in [0.4, 0.5) is 5.88 Å². The van der Waals surface area contributed by atoms with Crippen LogP contribution in [0.5, 0.6) is 0 Å². The van der Waals surface area contributed by atoms with Crippen molar-refractivity contribution in [1.29, 1.82) is 0 Å². The second kappa shape index (κ2) is 5.91. The number of allylic oxidation sites excluding steroid dienone is 1. The second-order valence-electron chi connectivity index (χ2n) is 5.20. The summed E-state index contributed by atoms with van der Waals surface area (Å²) in [5.41, 5.74) is 0.180. The van der Waals surface area contributed by atoms with Gasteiger partial charge in [-0.15, -0.1) is 0 Å². The molecule has 1 aliphatic heterocycles. The summed E-state index contributed by atoms with van der Waals surface area (Å²) in [6.45, 7) is 5.62. The maximum atomic E-state index is 10.9. The molecular formula is C14H20N2O3. The van der Waals surface area contributed by atoms with Crippen LogP contribution in [0.25, 0.3) is 6.08 Å². The third-order valence-corrected chi connectivity index (χ3v) is 3.37. The van der Waals surface area contributed by atoms with Crippen LogP contribution >= 0.6 is 0 Å². The van der Waals surface area contributed by atoms with E-state index in [-0.39, 0.29) is 16.5 Å². The molecule has 0 aliphatic carbocycles. The second-order valence-corrected chi connectivity index (χ2v) is 5.20. The number of piperidine rings is 1. The number of anilines is 1. The van der Waals surface area contributed by atoms with Crippen LogP contribution in [0.3, 0.4) is 0 Å². The molecule has 5 nitrogen and oxygen atoms in total. The highest BCUT2D eigenvalue weighted by Crippen LogP contribution is 2.24. The summed E-state index contributed by atoms with van der Waals surface area (Å²) in [5, 5.41) is 10.9. The van der Waals surface area contributed by atoms with Crippen molar-refractivity contribution in [2.75, 3.05) is 18.0 Å². The van der Waals surface area contributed by atoms with Gasteiger partial charge in [0.1, 0.15) is 5.76 Å². The van der Waals surface area contributed by atoms with E-state index in [0.29, 0.717) is 5.76 Å². The van der Waals surface area contributed by atoms with Gasteiger partial charge in [-0.2, -0.15) is 0 Å². The van der Waals surface area contributed by atoms with E-state index in [1.54, 1.807) is 6.07 Å². The van der Waals surface area contributed by atoms with Gasteiger partial charge in [-0.3, -0.25) is 10.1 Å². The van der Waals surface area contributed by atoms with Crippen molar-refractivity contribution in [1.82, 2.24) is 0 Å². The lowest BCUT2D eigenvalue weighted by Gasteiger charge is -2.25. The van der Waals surface area contributed by atoms with Crippen molar-refractivity contribution >= 4 is 12.0 Å². The SMILES string of the molecule is CC(C)/C(=C/c1ccc(N2CCCCC2)o1)[N+](=O)[O-]. The van der Waals surface area contributed by atoms with Crippen LogP contribution in [0.15, 0.2) is 22.2 Å². The van der Waals surface area contributed by atoms with Crippen LogP contribution in [0.1, 0.15) is 38.9 Å². The molecule has 1 aromatic heterocycles. The number of nitrogens with zero attached hydrogens (tertiary/aromatic N) is 2. The Balaban J connectivity index is 2.15. The van der Waals surface area contributed by atoms with E-state index in [9.17, 15) is 10.1 Å². The van der Waals surface area contributed by atoms with Gasteiger partial charge in [-0.25, -0.2) is 0 Å². The van der Waals surface area contributed by atoms with Crippen LogP contribution in [0.2, 0.25) is 0 Å². The number of furan rings is 1. The van der Waals surface area contributed by atoms with E-state index in [4.69, 9.17) is 4.42 Å². The van der Waals surface area contributed by atoms with Crippen LogP contribution < -0.4 is 4.90 Å². The maximum absolute atomic E-state index is 10.9. The molecule has 0 N–H and O–H groups in total. The summed E-state index contributed by atoms with van der Waals surface area (Å²) >= 11 is 0. The number of rotatable bonds is 4. The molecule has 0 saturated carbocycles. The maximum Gasteiger partial charge on any atom is 0.252 e. The van der Waals surface area contributed by atoms with E-state index in [2.05, 4.69) is 4.90 Å². The average Bonchev–Trinajstić information content (AvgIpc) is 2.85. The first-order valence-electron chi connectivity index (χ1n) is 6.78. The first-order valence-corrected chi connectivity index (χ1v) is 6.78. The fourth-order valence-electron chi connectivity index (χ4n) is 2.28. The Labute approximate surface area is 113 Å². The predicted molar refractivity (Wildman–Crippen MR) is 74.6 cm³/mol. The topological polar surface area (TPSA) is 59.5 Å². The van der Waals surface area contributed by atoms with Gasteiger partial charge in [-0.1, -0.05) is 13.8 Å². The highest BCUT2D eigenvalue weighted by Gasteiger charge is 2.18. The summed E-state index contributed by atoms with van der Waals surface area (Å²) in [5.74, 6) is 1.25.